The lowest BCUT2D eigenvalue weighted by atomic mass is 9.98. The van der Waals surface area contributed by atoms with E-state index in [4.69, 9.17) is 9.84 Å². The molecular weight excluding hydrogens is 465 g/mol. The third-order valence-corrected chi connectivity index (χ3v) is 6.04. The Morgan fingerprint density at radius 1 is 1.03 bits per heavy atom. The van der Waals surface area contributed by atoms with Crippen LogP contribution in [0.5, 0.6) is 0 Å². The highest BCUT2D eigenvalue weighted by atomic mass is 19.4. The quantitative estimate of drug-likeness (QED) is 0.454. The number of carbonyl (C=O) groups excluding carboxylic acids is 2. The average Bonchev–Trinajstić information content (AvgIpc) is 3.13. The van der Waals surface area contributed by atoms with Crippen molar-refractivity contribution in [2.45, 2.75) is 44.3 Å². The number of amides is 2. The van der Waals surface area contributed by atoms with Gasteiger partial charge in [0.05, 0.1) is 5.92 Å². The molecule has 0 aromatic heterocycles. The normalized spacial score (nSPS) is 14.4. The molecule has 0 radical (unpaired) electrons. The fourth-order valence-electron chi connectivity index (χ4n) is 4.19. The highest BCUT2D eigenvalue weighted by molar-refractivity contribution is 5.83. The number of carboxylic acids is 1. The van der Waals surface area contributed by atoms with Gasteiger partial charge in [-0.25, -0.2) is 9.59 Å². The third kappa shape index (κ3) is 6.52. The minimum Gasteiger partial charge on any atom is -0.480 e. The van der Waals surface area contributed by atoms with E-state index in [-0.39, 0.29) is 25.5 Å². The summed E-state index contributed by atoms with van der Waals surface area (Å²) in [5.74, 6) is -4.55. The topological polar surface area (TPSA) is 105 Å². The number of benzene rings is 2. The van der Waals surface area contributed by atoms with Crippen molar-refractivity contribution in [1.82, 2.24) is 10.6 Å². The molecule has 35 heavy (non-hydrogen) atoms. The molecule has 0 saturated heterocycles. The van der Waals surface area contributed by atoms with Crippen LogP contribution in [-0.4, -0.2) is 48.4 Å². The van der Waals surface area contributed by atoms with Crippen LogP contribution in [0.4, 0.5) is 18.0 Å². The van der Waals surface area contributed by atoms with Crippen LogP contribution in [-0.2, 0) is 14.3 Å². The zero-order valence-electron chi connectivity index (χ0n) is 19.1. The van der Waals surface area contributed by atoms with Crippen LogP contribution in [0.2, 0.25) is 0 Å². The average molecular weight is 492 g/mol. The summed E-state index contributed by atoms with van der Waals surface area (Å²) in [6.07, 6.45) is -6.98. The van der Waals surface area contributed by atoms with E-state index in [0.717, 1.165) is 22.3 Å². The van der Waals surface area contributed by atoms with Gasteiger partial charge in [-0.3, -0.25) is 4.79 Å². The predicted octanol–water partition coefficient (Wildman–Crippen LogP) is 4.46. The van der Waals surface area contributed by atoms with Gasteiger partial charge in [0.25, 0.3) is 0 Å². The standard InChI is InChI=1S/C25H27F3N2O5/c1-2-21(23(32)33)30-22(31)13-15(25(26,27)28)11-12-29-24(34)35-14-20-18-9-5-3-7-16(18)17-8-4-6-10-19(17)20/h3-10,15,20-21H,2,11-14H2,1H3,(H,29,34)(H,30,31)(H,32,33). The Labute approximate surface area is 200 Å². The highest BCUT2D eigenvalue weighted by Crippen LogP contribution is 2.44. The van der Waals surface area contributed by atoms with Gasteiger partial charge in [-0.2, -0.15) is 13.2 Å². The van der Waals surface area contributed by atoms with Crippen LogP contribution in [0.1, 0.15) is 43.2 Å². The van der Waals surface area contributed by atoms with E-state index in [0.29, 0.717) is 0 Å². The number of ether oxygens (including phenoxy) is 1. The summed E-state index contributed by atoms with van der Waals surface area (Å²) in [7, 11) is 0. The van der Waals surface area contributed by atoms with Crippen molar-refractivity contribution in [3.63, 3.8) is 0 Å². The molecule has 2 aromatic rings. The summed E-state index contributed by atoms with van der Waals surface area (Å²) in [6, 6.07) is 14.3. The van der Waals surface area contributed by atoms with E-state index in [9.17, 15) is 27.6 Å². The number of alkyl carbamates (subject to hydrolysis) is 1. The number of carboxylic acid groups (broad SMARTS) is 1. The maximum absolute atomic E-state index is 13.4. The monoisotopic (exact) mass is 492 g/mol. The second kappa shape index (κ2) is 11.2. The molecule has 0 fully saturated rings. The van der Waals surface area contributed by atoms with E-state index in [2.05, 4.69) is 10.6 Å². The van der Waals surface area contributed by atoms with Crippen LogP contribution in [0.25, 0.3) is 11.1 Å². The van der Waals surface area contributed by atoms with Crippen LogP contribution in [0, 0.1) is 5.92 Å². The van der Waals surface area contributed by atoms with Gasteiger partial charge < -0.3 is 20.5 Å². The third-order valence-electron chi connectivity index (χ3n) is 6.04. The molecule has 2 atom stereocenters. The molecule has 0 heterocycles. The van der Waals surface area contributed by atoms with Crippen LogP contribution < -0.4 is 10.6 Å². The summed E-state index contributed by atoms with van der Waals surface area (Å²) in [6.45, 7) is 1.17. The molecule has 10 heteroatoms. The molecule has 1 aliphatic carbocycles. The fourth-order valence-corrected chi connectivity index (χ4v) is 4.19. The number of nitrogens with one attached hydrogen (secondary N) is 2. The number of alkyl halides is 3. The minimum absolute atomic E-state index is 0.0263. The maximum atomic E-state index is 13.4. The van der Waals surface area contributed by atoms with Gasteiger partial charge in [-0.1, -0.05) is 55.5 Å². The molecule has 0 saturated carbocycles. The second-order valence-corrected chi connectivity index (χ2v) is 8.35. The summed E-state index contributed by atoms with van der Waals surface area (Å²) in [4.78, 5) is 35.1. The number of hydrogen-bond acceptors (Lipinski definition) is 4. The Balaban J connectivity index is 1.51. The Morgan fingerprint density at radius 2 is 1.60 bits per heavy atom. The molecule has 188 valence electrons. The summed E-state index contributed by atoms with van der Waals surface area (Å²) < 4.78 is 45.4. The molecule has 0 bridgehead atoms. The lowest BCUT2D eigenvalue weighted by molar-refractivity contribution is -0.180. The first kappa shape index (κ1) is 26.1. The first-order valence-corrected chi connectivity index (χ1v) is 11.3. The molecule has 0 spiro atoms. The second-order valence-electron chi connectivity index (χ2n) is 8.35. The lowest BCUT2D eigenvalue weighted by Crippen LogP contribution is -2.42. The van der Waals surface area contributed by atoms with Crippen molar-refractivity contribution in [1.29, 1.82) is 0 Å². The maximum Gasteiger partial charge on any atom is 0.407 e. The van der Waals surface area contributed by atoms with E-state index < -0.39 is 48.9 Å². The highest BCUT2D eigenvalue weighted by Gasteiger charge is 2.40. The van der Waals surface area contributed by atoms with Gasteiger partial charge in [0.2, 0.25) is 5.91 Å². The fraction of sp³-hybridized carbons (Fsp3) is 0.400. The molecule has 0 aliphatic heterocycles. The van der Waals surface area contributed by atoms with Gasteiger partial charge in [-0.05, 0) is 35.1 Å². The zero-order valence-corrected chi connectivity index (χ0v) is 19.1. The van der Waals surface area contributed by atoms with Crippen molar-refractivity contribution in [3.8, 4) is 11.1 Å². The molecule has 2 amide bonds. The summed E-state index contributed by atoms with van der Waals surface area (Å²) in [5.41, 5.74) is 4.13. The smallest absolute Gasteiger partial charge is 0.407 e. The lowest BCUT2D eigenvalue weighted by Gasteiger charge is -2.21. The molecule has 2 aromatic carbocycles. The van der Waals surface area contributed by atoms with E-state index in [1.165, 1.54) is 6.92 Å². The summed E-state index contributed by atoms with van der Waals surface area (Å²) in [5, 5.41) is 13.4. The first-order chi connectivity index (χ1) is 16.6. The number of fused-ring (bicyclic) bond motifs is 3. The Bertz CT molecular complexity index is 1030. The van der Waals surface area contributed by atoms with Crippen LogP contribution in [0.15, 0.2) is 48.5 Å². The minimum atomic E-state index is -4.69. The van der Waals surface area contributed by atoms with Crippen LogP contribution in [0.3, 0.4) is 0 Å². The number of hydrogen-bond donors (Lipinski definition) is 3. The number of carbonyl (C=O) groups is 3. The Kier molecular flexibility index (Phi) is 8.37. The van der Waals surface area contributed by atoms with Gasteiger partial charge in [-0.15, -0.1) is 0 Å². The zero-order chi connectivity index (χ0) is 25.6. The molecule has 1 aliphatic rings. The van der Waals surface area contributed by atoms with Crippen molar-refractivity contribution >= 4 is 18.0 Å². The number of halogens is 3. The van der Waals surface area contributed by atoms with Gasteiger partial charge in [0.15, 0.2) is 0 Å². The summed E-state index contributed by atoms with van der Waals surface area (Å²) >= 11 is 0. The largest absolute Gasteiger partial charge is 0.480 e. The molecule has 3 N–H and O–H groups in total. The Hall–Kier alpha value is -3.56. The van der Waals surface area contributed by atoms with Gasteiger partial charge in [0.1, 0.15) is 12.6 Å². The Morgan fingerprint density at radius 3 is 2.11 bits per heavy atom. The van der Waals surface area contributed by atoms with E-state index in [1.807, 2.05) is 48.5 Å². The van der Waals surface area contributed by atoms with Crippen molar-refractivity contribution < 1.29 is 37.4 Å². The van der Waals surface area contributed by atoms with Gasteiger partial charge >= 0.3 is 18.2 Å². The number of aliphatic carboxylic acids is 1. The molecule has 2 unspecified atom stereocenters. The van der Waals surface area contributed by atoms with Crippen molar-refractivity contribution in [2.75, 3.05) is 13.2 Å². The molecular formula is C25H27F3N2O5. The first-order valence-electron chi connectivity index (χ1n) is 11.3. The molecule has 7 nitrogen and oxygen atoms in total. The molecule has 3 rings (SSSR count). The van der Waals surface area contributed by atoms with E-state index >= 15 is 0 Å². The van der Waals surface area contributed by atoms with Crippen molar-refractivity contribution in [2.24, 2.45) is 5.92 Å². The van der Waals surface area contributed by atoms with Gasteiger partial charge in [0, 0.05) is 18.9 Å². The van der Waals surface area contributed by atoms with E-state index in [1.54, 1.807) is 0 Å². The predicted molar refractivity (Wildman–Crippen MR) is 122 cm³/mol. The number of rotatable bonds is 10. The van der Waals surface area contributed by atoms with Crippen molar-refractivity contribution in [3.05, 3.63) is 59.7 Å². The van der Waals surface area contributed by atoms with Crippen LogP contribution >= 0.6 is 0 Å². The SMILES string of the molecule is CCC(NC(=O)CC(CCNC(=O)OCC1c2ccccc2-c2ccccc21)C(F)(F)F)C(=O)O.